The van der Waals surface area contributed by atoms with Crippen LogP contribution in [-0.4, -0.2) is 52.8 Å². The molecule has 2 aromatic rings. The average Bonchev–Trinajstić information content (AvgIpc) is 3.40. The zero-order valence-corrected chi connectivity index (χ0v) is 15.9. The fourth-order valence-electron chi connectivity index (χ4n) is 3.78. The number of nitrogens with zero attached hydrogens (tertiary/aromatic N) is 3. The molecule has 2 aliphatic rings. The smallest absolute Gasteiger partial charge is 0.273 e. The summed E-state index contributed by atoms with van der Waals surface area (Å²) in [6, 6.07) is 6.11. The molecule has 2 amide bonds. The molecular weight excluding hydrogens is 365 g/mol. The van der Waals surface area contributed by atoms with E-state index >= 15 is 0 Å². The van der Waals surface area contributed by atoms with Gasteiger partial charge in [-0.15, -0.1) is 11.3 Å². The van der Waals surface area contributed by atoms with Crippen LogP contribution in [0.15, 0.2) is 29.6 Å². The zero-order chi connectivity index (χ0) is 18.8. The van der Waals surface area contributed by atoms with Gasteiger partial charge in [-0.2, -0.15) is 0 Å². The Hall–Kier alpha value is -2.28. The topological polar surface area (TPSA) is 53.5 Å². The second-order valence-electron chi connectivity index (χ2n) is 7.14. The summed E-state index contributed by atoms with van der Waals surface area (Å²) in [4.78, 5) is 33.5. The van der Waals surface area contributed by atoms with E-state index in [2.05, 4.69) is 4.98 Å². The minimum atomic E-state index is -0.294. The fraction of sp³-hybridized carbons (Fsp3) is 0.450. The second-order valence-corrected chi connectivity index (χ2v) is 8.00. The lowest BCUT2D eigenvalue weighted by Gasteiger charge is -2.32. The van der Waals surface area contributed by atoms with Gasteiger partial charge >= 0.3 is 0 Å². The van der Waals surface area contributed by atoms with E-state index in [1.807, 2.05) is 4.90 Å². The Balaban J connectivity index is 1.37. The number of carbonyl (C=O) groups is 2. The van der Waals surface area contributed by atoms with Gasteiger partial charge in [0.15, 0.2) is 0 Å². The van der Waals surface area contributed by atoms with Crippen molar-refractivity contribution in [3.05, 3.63) is 41.2 Å². The molecule has 0 spiro atoms. The zero-order valence-electron chi connectivity index (χ0n) is 15.1. The van der Waals surface area contributed by atoms with E-state index in [0.29, 0.717) is 23.8 Å². The minimum absolute atomic E-state index is 0.0392. The third-order valence-electron chi connectivity index (χ3n) is 5.36. The summed E-state index contributed by atoms with van der Waals surface area (Å²) in [7, 11) is 0. The van der Waals surface area contributed by atoms with E-state index in [-0.39, 0.29) is 23.5 Å². The van der Waals surface area contributed by atoms with Crippen molar-refractivity contribution in [2.24, 2.45) is 5.92 Å². The summed E-state index contributed by atoms with van der Waals surface area (Å²) in [6.07, 6.45) is 3.64. The molecule has 0 unspecified atom stereocenters. The number of likely N-dealkylation sites (tertiary alicyclic amines) is 2. The second kappa shape index (κ2) is 7.76. The summed E-state index contributed by atoms with van der Waals surface area (Å²) < 4.78 is 13.1. The first kappa shape index (κ1) is 18.1. The van der Waals surface area contributed by atoms with Crippen molar-refractivity contribution in [3.63, 3.8) is 0 Å². The molecule has 2 aliphatic heterocycles. The van der Waals surface area contributed by atoms with Crippen molar-refractivity contribution in [1.29, 1.82) is 0 Å². The van der Waals surface area contributed by atoms with Gasteiger partial charge in [-0.3, -0.25) is 9.59 Å². The summed E-state index contributed by atoms with van der Waals surface area (Å²) in [5.41, 5.74) is 1.22. The van der Waals surface area contributed by atoms with E-state index in [1.165, 1.54) is 23.5 Å². The van der Waals surface area contributed by atoms with Crippen LogP contribution in [0.2, 0.25) is 0 Å². The number of hydrogen-bond acceptors (Lipinski definition) is 4. The summed E-state index contributed by atoms with van der Waals surface area (Å²) in [5, 5.41) is 2.46. The lowest BCUT2D eigenvalue weighted by Crippen LogP contribution is -2.43. The standard InChI is InChI=1S/C20H22FN3O2S/c21-16-5-3-14(4-6-16)18-22-17(13-27-18)20(26)24-11-7-15(8-12-24)19(25)23-9-1-2-10-23/h3-6,13,15H,1-2,7-12H2. The minimum Gasteiger partial charge on any atom is -0.342 e. The van der Waals surface area contributed by atoms with Crippen molar-refractivity contribution >= 4 is 23.2 Å². The summed E-state index contributed by atoms with van der Waals surface area (Å²) >= 11 is 1.38. The number of amides is 2. The molecular formula is C20H22FN3O2S. The lowest BCUT2D eigenvalue weighted by molar-refractivity contribution is -0.135. The summed E-state index contributed by atoms with van der Waals surface area (Å²) in [5.74, 6) is -0.0890. The predicted molar refractivity (Wildman–Crippen MR) is 102 cm³/mol. The Labute approximate surface area is 161 Å². The molecule has 0 atom stereocenters. The van der Waals surface area contributed by atoms with Crippen LogP contribution in [0.3, 0.4) is 0 Å². The van der Waals surface area contributed by atoms with E-state index in [0.717, 1.165) is 44.3 Å². The van der Waals surface area contributed by atoms with Gasteiger partial charge in [0.05, 0.1) is 0 Å². The Morgan fingerprint density at radius 3 is 2.33 bits per heavy atom. The van der Waals surface area contributed by atoms with Gasteiger partial charge in [-0.1, -0.05) is 0 Å². The average molecular weight is 387 g/mol. The van der Waals surface area contributed by atoms with Crippen molar-refractivity contribution < 1.29 is 14.0 Å². The maximum Gasteiger partial charge on any atom is 0.273 e. The molecule has 0 aliphatic carbocycles. The number of carbonyl (C=O) groups excluding carboxylic acids is 2. The van der Waals surface area contributed by atoms with Gasteiger partial charge in [0.2, 0.25) is 5.91 Å². The van der Waals surface area contributed by atoms with Gasteiger partial charge in [-0.05, 0) is 49.9 Å². The molecule has 0 saturated carbocycles. The van der Waals surface area contributed by atoms with Crippen LogP contribution in [-0.2, 0) is 4.79 Å². The highest BCUT2D eigenvalue weighted by molar-refractivity contribution is 7.13. The van der Waals surface area contributed by atoms with Gasteiger partial charge in [0.25, 0.3) is 5.91 Å². The SMILES string of the molecule is O=C(c1csc(-c2ccc(F)cc2)n1)N1CCC(C(=O)N2CCCC2)CC1. The maximum absolute atomic E-state index is 13.1. The molecule has 0 radical (unpaired) electrons. The van der Waals surface area contributed by atoms with Crippen molar-refractivity contribution in [2.45, 2.75) is 25.7 Å². The number of benzene rings is 1. The molecule has 4 rings (SSSR count). The molecule has 2 fully saturated rings. The molecule has 1 aromatic carbocycles. The Morgan fingerprint density at radius 2 is 1.67 bits per heavy atom. The van der Waals surface area contributed by atoms with E-state index in [4.69, 9.17) is 0 Å². The highest BCUT2D eigenvalue weighted by atomic mass is 32.1. The van der Waals surface area contributed by atoms with E-state index in [9.17, 15) is 14.0 Å². The Morgan fingerprint density at radius 1 is 1.00 bits per heavy atom. The van der Waals surface area contributed by atoms with Crippen LogP contribution in [0.1, 0.15) is 36.2 Å². The van der Waals surface area contributed by atoms with Gasteiger partial charge in [-0.25, -0.2) is 9.37 Å². The third kappa shape index (κ3) is 3.88. The number of halogens is 1. The predicted octanol–water partition coefficient (Wildman–Crippen LogP) is 3.42. The number of rotatable bonds is 3. The number of aromatic nitrogens is 1. The quantitative estimate of drug-likeness (QED) is 0.811. The van der Waals surface area contributed by atoms with Crippen LogP contribution < -0.4 is 0 Å². The number of hydrogen-bond donors (Lipinski definition) is 0. The lowest BCUT2D eigenvalue weighted by atomic mass is 9.95. The molecule has 0 bridgehead atoms. The monoisotopic (exact) mass is 387 g/mol. The van der Waals surface area contributed by atoms with Crippen LogP contribution in [0.25, 0.3) is 10.6 Å². The fourth-order valence-corrected chi connectivity index (χ4v) is 4.58. The number of thiazole rings is 1. The molecule has 2 saturated heterocycles. The van der Waals surface area contributed by atoms with Gasteiger partial charge < -0.3 is 9.80 Å². The maximum atomic E-state index is 13.1. The van der Waals surface area contributed by atoms with Gasteiger partial charge in [0.1, 0.15) is 16.5 Å². The van der Waals surface area contributed by atoms with Gasteiger partial charge in [0, 0.05) is 43.0 Å². The van der Waals surface area contributed by atoms with E-state index in [1.54, 1.807) is 22.4 Å². The first-order chi connectivity index (χ1) is 13.1. The first-order valence-corrected chi connectivity index (χ1v) is 10.3. The van der Waals surface area contributed by atoms with Crippen LogP contribution in [0.5, 0.6) is 0 Å². The van der Waals surface area contributed by atoms with E-state index < -0.39 is 0 Å². The number of piperidine rings is 1. The van der Waals surface area contributed by atoms with Crippen LogP contribution >= 0.6 is 11.3 Å². The summed E-state index contributed by atoms with van der Waals surface area (Å²) in [6.45, 7) is 2.94. The van der Waals surface area contributed by atoms with Crippen molar-refractivity contribution in [2.75, 3.05) is 26.2 Å². The molecule has 0 N–H and O–H groups in total. The molecule has 3 heterocycles. The Kier molecular flexibility index (Phi) is 5.20. The van der Waals surface area contributed by atoms with Crippen LogP contribution in [0.4, 0.5) is 4.39 Å². The van der Waals surface area contributed by atoms with Crippen LogP contribution in [0, 0.1) is 11.7 Å². The first-order valence-electron chi connectivity index (χ1n) is 9.41. The molecule has 27 heavy (non-hydrogen) atoms. The van der Waals surface area contributed by atoms with Crippen molar-refractivity contribution in [3.8, 4) is 10.6 Å². The molecule has 7 heteroatoms. The highest BCUT2D eigenvalue weighted by Gasteiger charge is 2.32. The third-order valence-corrected chi connectivity index (χ3v) is 6.25. The van der Waals surface area contributed by atoms with Crippen molar-refractivity contribution in [1.82, 2.24) is 14.8 Å². The molecule has 5 nitrogen and oxygen atoms in total. The largest absolute Gasteiger partial charge is 0.342 e. The normalized spacial score (nSPS) is 18.1. The Bertz CT molecular complexity index is 822. The molecule has 1 aromatic heterocycles. The highest BCUT2D eigenvalue weighted by Crippen LogP contribution is 2.26. The molecule has 142 valence electrons.